The number of allylic oxidation sites excluding steroid dienone is 1. The van der Waals surface area contributed by atoms with Gasteiger partial charge in [0.05, 0.1) is 13.0 Å². The van der Waals surface area contributed by atoms with Crippen molar-refractivity contribution in [3.63, 3.8) is 0 Å². The topological polar surface area (TPSA) is 52.6 Å². The molecular formula is C25H38O4. The minimum atomic E-state index is -0.155. The summed E-state index contributed by atoms with van der Waals surface area (Å²) in [6.45, 7) is 8.54. The minimum absolute atomic E-state index is 0.00370. The van der Waals surface area contributed by atoms with Crippen molar-refractivity contribution >= 4 is 11.9 Å². The van der Waals surface area contributed by atoms with Gasteiger partial charge in [-0.05, 0) is 79.4 Å². The fourth-order valence-electron chi connectivity index (χ4n) is 8.17. The first kappa shape index (κ1) is 20.9. The van der Waals surface area contributed by atoms with Crippen molar-refractivity contribution in [2.75, 3.05) is 7.11 Å². The van der Waals surface area contributed by atoms with Crippen LogP contribution in [-0.4, -0.2) is 25.2 Å². The molecule has 0 unspecified atom stereocenters. The van der Waals surface area contributed by atoms with Crippen LogP contribution in [0.1, 0.15) is 79.1 Å². The maximum Gasteiger partial charge on any atom is 0.308 e. The van der Waals surface area contributed by atoms with Crippen LogP contribution in [0.5, 0.6) is 0 Å². The number of rotatable bonds is 3. The Kier molecular flexibility index (Phi) is 5.36. The van der Waals surface area contributed by atoms with Crippen LogP contribution in [0.25, 0.3) is 0 Å². The highest BCUT2D eigenvalue weighted by molar-refractivity contribution is 5.72. The van der Waals surface area contributed by atoms with Gasteiger partial charge in [-0.3, -0.25) is 9.59 Å². The molecule has 0 aromatic rings. The van der Waals surface area contributed by atoms with Gasteiger partial charge in [0.15, 0.2) is 0 Å². The summed E-state index contributed by atoms with van der Waals surface area (Å²) in [5, 5.41) is 0. The Morgan fingerprint density at radius 1 is 1.10 bits per heavy atom. The predicted molar refractivity (Wildman–Crippen MR) is 112 cm³/mol. The zero-order valence-corrected chi connectivity index (χ0v) is 18.8. The lowest BCUT2D eigenvalue weighted by molar-refractivity contribution is -0.150. The van der Waals surface area contributed by atoms with Gasteiger partial charge in [-0.1, -0.05) is 32.4 Å². The van der Waals surface area contributed by atoms with E-state index in [2.05, 4.69) is 26.8 Å². The molecule has 3 fully saturated rings. The van der Waals surface area contributed by atoms with E-state index in [9.17, 15) is 9.59 Å². The number of esters is 2. The minimum Gasteiger partial charge on any atom is -0.469 e. The van der Waals surface area contributed by atoms with Gasteiger partial charge in [-0.25, -0.2) is 0 Å². The SMILES string of the molecule is COC(=O)[C@H](C)[C@H]1CC[C@H]2[C@@H]3CC=C4C[C@H](OC(C)=O)CC[C@]4(C)[C@H]3CC[C@]12C. The monoisotopic (exact) mass is 402 g/mol. The molecule has 4 aliphatic carbocycles. The molecule has 0 aliphatic heterocycles. The van der Waals surface area contributed by atoms with E-state index in [0.29, 0.717) is 11.8 Å². The molecule has 162 valence electrons. The van der Waals surface area contributed by atoms with E-state index in [4.69, 9.17) is 9.47 Å². The lowest BCUT2D eigenvalue weighted by atomic mass is 9.47. The van der Waals surface area contributed by atoms with Crippen molar-refractivity contribution < 1.29 is 19.1 Å². The second kappa shape index (κ2) is 7.42. The normalized spacial score (nSPS) is 44.6. The molecule has 4 aliphatic rings. The van der Waals surface area contributed by atoms with Crippen LogP contribution in [0.15, 0.2) is 11.6 Å². The summed E-state index contributed by atoms with van der Waals surface area (Å²) in [5.74, 6) is 2.40. The molecule has 4 heteroatoms. The quantitative estimate of drug-likeness (QED) is 0.474. The van der Waals surface area contributed by atoms with Crippen molar-refractivity contribution in [1.82, 2.24) is 0 Å². The van der Waals surface area contributed by atoms with E-state index in [1.165, 1.54) is 38.9 Å². The molecule has 0 saturated heterocycles. The highest BCUT2D eigenvalue weighted by atomic mass is 16.5. The number of ether oxygens (including phenoxy) is 2. The fourth-order valence-corrected chi connectivity index (χ4v) is 8.17. The zero-order chi connectivity index (χ0) is 21.0. The number of carbonyl (C=O) groups is 2. The van der Waals surface area contributed by atoms with Crippen LogP contribution in [-0.2, 0) is 19.1 Å². The number of hydrogen-bond acceptors (Lipinski definition) is 4. The Morgan fingerprint density at radius 2 is 1.86 bits per heavy atom. The lowest BCUT2D eigenvalue weighted by Crippen LogP contribution is -2.51. The van der Waals surface area contributed by atoms with Crippen LogP contribution in [0.4, 0.5) is 0 Å². The number of carbonyl (C=O) groups excluding carboxylic acids is 2. The molecule has 0 aromatic heterocycles. The standard InChI is InChI=1S/C25H38O4/c1-15(23(27)28-5)20-8-9-21-19-7-6-17-14-18(29-16(2)26)10-12-24(17,3)22(19)11-13-25(20,21)4/h6,15,18-22H,7-14H2,1-5H3/t15-,18-,19+,20-,21+,22+,24+,25-/m1/s1. The highest BCUT2D eigenvalue weighted by Crippen LogP contribution is 2.67. The summed E-state index contributed by atoms with van der Waals surface area (Å²) < 4.78 is 10.7. The number of methoxy groups -OCH3 is 1. The highest BCUT2D eigenvalue weighted by Gasteiger charge is 2.59. The van der Waals surface area contributed by atoms with E-state index >= 15 is 0 Å². The molecule has 4 rings (SSSR count). The molecule has 0 aromatic carbocycles. The second-order valence-electron chi connectivity index (χ2n) is 10.8. The summed E-state index contributed by atoms with van der Waals surface area (Å²) in [5.41, 5.74) is 2.05. The van der Waals surface area contributed by atoms with Gasteiger partial charge in [-0.15, -0.1) is 0 Å². The van der Waals surface area contributed by atoms with Crippen molar-refractivity contribution in [2.45, 2.75) is 85.2 Å². The predicted octanol–water partition coefficient (Wildman–Crippen LogP) is 5.31. The lowest BCUT2D eigenvalue weighted by Gasteiger charge is -2.58. The molecule has 3 saturated carbocycles. The second-order valence-corrected chi connectivity index (χ2v) is 10.8. The van der Waals surface area contributed by atoms with Gasteiger partial charge in [0.2, 0.25) is 0 Å². The smallest absolute Gasteiger partial charge is 0.308 e. The molecule has 0 bridgehead atoms. The molecule has 8 atom stereocenters. The molecule has 0 spiro atoms. The summed E-state index contributed by atoms with van der Waals surface area (Å²) in [4.78, 5) is 23.7. The van der Waals surface area contributed by atoms with Crippen LogP contribution >= 0.6 is 0 Å². The maximum absolute atomic E-state index is 12.3. The Balaban J connectivity index is 1.56. The van der Waals surface area contributed by atoms with Gasteiger partial charge in [0.25, 0.3) is 0 Å². The molecule has 0 heterocycles. The largest absolute Gasteiger partial charge is 0.469 e. The Labute approximate surface area is 175 Å². The Hall–Kier alpha value is -1.32. The Bertz CT molecular complexity index is 712. The summed E-state index contributed by atoms with van der Waals surface area (Å²) in [7, 11) is 1.52. The first-order chi connectivity index (χ1) is 13.7. The first-order valence-electron chi connectivity index (χ1n) is 11.6. The zero-order valence-electron chi connectivity index (χ0n) is 18.8. The third-order valence-corrected chi connectivity index (χ3v) is 9.64. The van der Waals surface area contributed by atoms with Crippen LogP contribution in [0, 0.1) is 40.4 Å². The van der Waals surface area contributed by atoms with E-state index in [0.717, 1.165) is 43.9 Å². The van der Waals surface area contributed by atoms with Crippen molar-refractivity contribution in [3.8, 4) is 0 Å². The van der Waals surface area contributed by atoms with Gasteiger partial charge < -0.3 is 9.47 Å². The molecule has 4 nitrogen and oxygen atoms in total. The van der Waals surface area contributed by atoms with Crippen molar-refractivity contribution in [1.29, 1.82) is 0 Å². The molecular weight excluding hydrogens is 364 g/mol. The first-order valence-corrected chi connectivity index (χ1v) is 11.6. The summed E-state index contributed by atoms with van der Waals surface area (Å²) >= 11 is 0. The van der Waals surface area contributed by atoms with E-state index in [1.54, 1.807) is 0 Å². The summed E-state index contributed by atoms with van der Waals surface area (Å²) in [6, 6.07) is 0. The number of fused-ring (bicyclic) bond motifs is 5. The molecule has 0 N–H and O–H groups in total. The number of hydrogen-bond donors (Lipinski definition) is 0. The third-order valence-electron chi connectivity index (χ3n) is 9.64. The average molecular weight is 403 g/mol. The average Bonchev–Trinajstić information content (AvgIpc) is 3.03. The van der Waals surface area contributed by atoms with E-state index in [-0.39, 0.29) is 34.8 Å². The van der Waals surface area contributed by atoms with Gasteiger partial charge >= 0.3 is 11.9 Å². The molecule has 29 heavy (non-hydrogen) atoms. The maximum atomic E-state index is 12.3. The van der Waals surface area contributed by atoms with Crippen LogP contribution in [0.3, 0.4) is 0 Å². The van der Waals surface area contributed by atoms with Crippen LogP contribution in [0.2, 0.25) is 0 Å². The summed E-state index contributed by atoms with van der Waals surface area (Å²) in [6.07, 6.45) is 11.6. The van der Waals surface area contributed by atoms with Gasteiger partial charge in [0.1, 0.15) is 6.10 Å². The van der Waals surface area contributed by atoms with E-state index in [1.807, 2.05) is 0 Å². The Morgan fingerprint density at radius 3 is 2.55 bits per heavy atom. The fraction of sp³-hybridized carbons (Fsp3) is 0.840. The molecule has 0 amide bonds. The van der Waals surface area contributed by atoms with Gasteiger partial charge in [0, 0.05) is 13.3 Å². The van der Waals surface area contributed by atoms with Crippen LogP contribution < -0.4 is 0 Å². The van der Waals surface area contributed by atoms with Crippen molar-refractivity contribution in [2.24, 2.45) is 40.4 Å². The van der Waals surface area contributed by atoms with Crippen molar-refractivity contribution in [3.05, 3.63) is 11.6 Å². The third kappa shape index (κ3) is 3.25. The van der Waals surface area contributed by atoms with Gasteiger partial charge in [-0.2, -0.15) is 0 Å². The van der Waals surface area contributed by atoms with E-state index < -0.39 is 0 Å². The molecule has 0 radical (unpaired) electrons.